The Hall–Kier alpha value is -1.26. The molecule has 0 heterocycles. The van der Waals surface area contributed by atoms with Crippen LogP contribution in [0, 0.1) is 0 Å². The summed E-state index contributed by atoms with van der Waals surface area (Å²) in [4.78, 5) is 16.5. The summed E-state index contributed by atoms with van der Waals surface area (Å²) in [6.07, 6.45) is 0.926. The number of carbonyl (C=O) groups is 1. The number of nitrogens with zero attached hydrogens (tertiary/aromatic N) is 2. The lowest BCUT2D eigenvalue weighted by Gasteiger charge is -2.24. The first-order chi connectivity index (χ1) is 10.0. The van der Waals surface area contributed by atoms with Gasteiger partial charge in [0.15, 0.2) is 0 Å². The second-order valence-electron chi connectivity index (χ2n) is 4.93. The van der Waals surface area contributed by atoms with E-state index in [1.807, 2.05) is 6.92 Å². The predicted molar refractivity (Wildman–Crippen MR) is 87.1 cm³/mol. The van der Waals surface area contributed by atoms with Gasteiger partial charge in [0, 0.05) is 18.1 Å². The smallest absolute Gasteiger partial charge is 0.257 e. The molecule has 0 fully saturated rings. The van der Waals surface area contributed by atoms with E-state index in [9.17, 15) is 9.90 Å². The van der Waals surface area contributed by atoms with Crippen molar-refractivity contribution in [2.45, 2.75) is 27.2 Å². The van der Waals surface area contributed by atoms with Crippen LogP contribution in [0.1, 0.15) is 37.6 Å². The maximum Gasteiger partial charge on any atom is 0.257 e. The van der Waals surface area contributed by atoms with E-state index < -0.39 is 0 Å². The molecule has 0 radical (unpaired) electrons. The molecule has 5 heteroatoms. The van der Waals surface area contributed by atoms with Crippen molar-refractivity contribution < 1.29 is 9.90 Å². The molecular weight excluding hydrogens is 288 g/mol. The Morgan fingerprint density at radius 3 is 2.33 bits per heavy atom. The summed E-state index contributed by atoms with van der Waals surface area (Å²) in [7, 11) is 0. The molecule has 0 spiro atoms. The Balaban J connectivity index is 2.64. The second-order valence-corrected chi connectivity index (χ2v) is 5.36. The highest BCUT2D eigenvalue weighted by atomic mass is 35.5. The number of aromatic hydroxyl groups is 1. The van der Waals surface area contributed by atoms with Crippen molar-refractivity contribution in [2.75, 3.05) is 32.7 Å². The lowest BCUT2D eigenvalue weighted by Crippen LogP contribution is -2.34. The van der Waals surface area contributed by atoms with Crippen molar-refractivity contribution in [3.8, 4) is 5.75 Å². The number of benzene rings is 1. The Labute approximate surface area is 132 Å². The van der Waals surface area contributed by atoms with Gasteiger partial charge in [0.1, 0.15) is 5.75 Å². The summed E-state index contributed by atoms with van der Waals surface area (Å²) in [6.45, 7) is 10.6. The van der Waals surface area contributed by atoms with Gasteiger partial charge in [0.05, 0.1) is 5.56 Å². The van der Waals surface area contributed by atoms with Crippen molar-refractivity contribution >= 4 is 17.5 Å². The van der Waals surface area contributed by atoms with Gasteiger partial charge < -0.3 is 14.9 Å². The fourth-order valence-electron chi connectivity index (χ4n) is 2.28. The van der Waals surface area contributed by atoms with E-state index in [0.29, 0.717) is 23.7 Å². The third-order valence-electron chi connectivity index (χ3n) is 3.66. The number of hydrogen-bond acceptors (Lipinski definition) is 3. The van der Waals surface area contributed by atoms with Crippen molar-refractivity contribution in [2.24, 2.45) is 0 Å². The lowest BCUT2D eigenvalue weighted by atomic mass is 10.1. The van der Waals surface area contributed by atoms with Crippen LogP contribution in [0.5, 0.6) is 5.75 Å². The van der Waals surface area contributed by atoms with E-state index in [2.05, 4.69) is 18.7 Å². The normalized spacial score (nSPS) is 10.9. The maximum absolute atomic E-state index is 12.4. The number of carbonyl (C=O) groups excluding carboxylic acids is 1. The standard InChI is InChI=1S/C16H25ClN2O2/c1-4-18(5-2)10-7-11-19(6-3)16(21)14-9-8-13(17)12-15(14)20/h8-9,12,20H,4-7,10-11H2,1-3H3. The van der Waals surface area contributed by atoms with Crippen LogP contribution in [0.3, 0.4) is 0 Å². The van der Waals surface area contributed by atoms with Crippen LogP contribution >= 0.6 is 11.6 Å². The Morgan fingerprint density at radius 1 is 1.14 bits per heavy atom. The summed E-state index contributed by atoms with van der Waals surface area (Å²) in [5.74, 6) is -0.207. The highest BCUT2D eigenvalue weighted by molar-refractivity contribution is 6.30. The monoisotopic (exact) mass is 312 g/mol. The number of phenols is 1. The minimum atomic E-state index is -0.147. The highest BCUT2D eigenvalue weighted by Crippen LogP contribution is 2.23. The topological polar surface area (TPSA) is 43.8 Å². The molecule has 1 amide bonds. The molecule has 0 saturated carbocycles. The zero-order chi connectivity index (χ0) is 15.8. The molecule has 0 aliphatic rings. The van der Waals surface area contributed by atoms with Gasteiger partial charge in [-0.2, -0.15) is 0 Å². The summed E-state index contributed by atoms with van der Waals surface area (Å²) in [6, 6.07) is 4.60. The van der Waals surface area contributed by atoms with Crippen LogP contribution in [0.2, 0.25) is 5.02 Å². The summed E-state index contributed by atoms with van der Waals surface area (Å²) < 4.78 is 0. The second kappa shape index (κ2) is 8.90. The molecule has 4 nitrogen and oxygen atoms in total. The Bertz CT molecular complexity index is 462. The molecule has 0 saturated heterocycles. The molecular formula is C16H25ClN2O2. The minimum Gasteiger partial charge on any atom is -0.507 e. The van der Waals surface area contributed by atoms with Crippen LogP contribution in [0.25, 0.3) is 0 Å². The average molecular weight is 313 g/mol. The predicted octanol–water partition coefficient (Wildman–Crippen LogP) is 3.24. The van der Waals surface area contributed by atoms with Crippen LogP contribution in [-0.2, 0) is 0 Å². The Morgan fingerprint density at radius 2 is 1.81 bits per heavy atom. The zero-order valence-corrected chi connectivity index (χ0v) is 13.9. The average Bonchev–Trinajstić information content (AvgIpc) is 2.47. The fraction of sp³-hybridized carbons (Fsp3) is 0.562. The molecule has 1 rings (SSSR count). The first-order valence-electron chi connectivity index (χ1n) is 7.53. The van der Waals surface area contributed by atoms with Crippen LogP contribution in [-0.4, -0.2) is 53.5 Å². The quantitative estimate of drug-likeness (QED) is 0.801. The molecule has 1 aromatic rings. The SMILES string of the molecule is CCN(CC)CCCN(CC)C(=O)c1ccc(Cl)cc1O. The molecule has 1 aromatic carbocycles. The fourth-order valence-corrected chi connectivity index (χ4v) is 2.45. The third-order valence-corrected chi connectivity index (χ3v) is 3.89. The van der Waals surface area contributed by atoms with Crippen LogP contribution < -0.4 is 0 Å². The minimum absolute atomic E-state index is 0.0605. The molecule has 0 aliphatic heterocycles. The van der Waals surface area contributed by atoms with Crippen LogP contribution in [0.4, 0.5) is 0 Å². The molecule has 21 heavy (non-hydrogen) atoms. The Kier molecular flexibility index (Phi) is 7.54. The molecule has 0 aliphatic carbocycles. The number of rotatable bonds is 8. The number of amides is 1. The van der Waals surface area contributed by atoms with Gasteiger partial charge in [0.2, 0.25) is 0 Å². The molecule has 1 N–H and O–H groups in total. The molecule has 0 atom stereocenters. The van der Waals surface area contributed by atoms with E-state index in [0.717, 1.165) is 26.1 Å². The number of phenolic OH excluding ortho intramolecular Hbond substituents is 1. The van der Waals surface area contributed by atoms with Crippen molar-refractivity contribution in [3.63, 3.8) is 0 Å². The first kappa shape index (κ1) is 17.8. The highest BCUT2D eigenvalue weighted by Gasteiger charge is 2.17. The van der Waals surface area contributed by atoms with E-state index in [4.69, 9.17) is 11.6 Å². The van der Waals surface area contributed by atoms with Gasteiger partial charge in [-0.25, -0.2) is 0 Å². The first-order valence-corrected chi connectivity index (χ1v) is 7.91. The van der Waals surface area contributed by atoms with Gasteiger partial charge in [-0.05, 0) is 51.2 Å². The van der Waals surface area contributed by atoms with Gasteiger partial charge in [-0.1, -0.05) is 25.4 Å². The zero-order valence-electron chi connectivity index (χ0n) is 13.1. The maximum atomic E-state index is 12.4. The molecule has 0 aromatic heterocycles. The number of hydrogen-bond donors (Lipinski definition) is 1. The number of halogens is 1. The van der Waals surface area contributed by atoms with Crippen molar-refractivity contribution in [3.05, 3.63) is 28.8 Å². The molecule has 118 valence electrons. The van der Waals surface area contributed by atoms with Gasteiger partial charge in [-0.3, -0.25) is 4.79 Å². The van der Waals surface area contributed by atoms with E-state index in [1.54, 1.807) is 17.0 Å². The van der Waals surface area contributed by atoms with Gasteiger partial charge in [-0.15, -0.1) is 0 Å². The van der Waals surface area contributed by atoms with E-state index >= 15 is 0 Å². The van der Waals surface area contributed by atoms with E-state index in [-0.39, 0.29) is 11.7 Å². The van der Waals surface area contributed by atoms with Crippen molar-refractivity contribution in [1.82, 2.24) is 9.80 Å². The van der Waals surface area contributed by atoms with Crippen molar-refractivity contribution in [1.29, 1.82) is 0 Å². The van der Waals surface area contributed by atoms with E-state index in [1.165, 1.54) is 6.07 Å². The molecule has 0 unspecified atom stereocenters. The van der Waals surface area contributed by atoms with Gasteiger partial charge in [0.25, 0.3) is 5.91 Å². The summed E-state index contributed by atoms with van der Waals surface area (Å²) in [5, 5.41) is 10.3. The third kappa shape index (κ3) is 5.21. The summed E-state index contributed by atoms with van der Waals surface area (Å²) in [5.41, 5.74) is 0.309. The van der Waals surface area contributed by atoms with Crippen LogP contribution in [0.15, 0.2) is 18.2 Å². The largest absolute Gasteiger partial charge is 0.507 e. The molecule has 0 bridgehead atoms. The summed E-state index contributed by atoms with van der Waals surface area (Å²) >= 11 is 5.80. The van der Waals surface area contributed by atoms with Gasteiger partial charge >= 0.3 is 0 Å². The lowest BCUT2D eigenvalue weighted by molar-refractivity contribution is 0.0754.